The normalized spacial score (nSPS) is 11.3. The lowest BCUT2D eigenvalue weighted by Gasteiger charge is -2.11. The van der Waals surface area contributed by atoms with Gasteiger partial charge < -0.3 is 15.8 Å². The second kappa shape index (κ2) is 5.08. The molecular weight excluding hydrogens is 204 g/mol. The van der Waals surface area contributed by atoms with Crippen molar-refractivity contribution in [3.8, 4) is 18.1 Å². The minimum absolute atomic E-state index is 0.276. The van der Waals surface area contributed by atoms with E-state index in [4.69, 9.17) is 16.9 Å². The Morgan fingerprint density at radius 1 is 1.62 bits per heavy atom. The maximum Gasteiger partial charge on any atom is 0.256 e. The fraction of sp³-hybridized carbons (Fsp3) is 0.250. The maximum atomic E-state index is 11.8. The second-order valence-corrected chi connectivity index (χ2v) is 3.32. The van der Waals surface area contributed by atoms with Crippen molar-refractivity contribution < 1.29 is 9.53 Å². The van der Waals surface area contributed by atoms with Gasteiger partial charge in [-0.15, -0.1) is 6.42 Å². The summed E-state index contributed by atoms with van der Waals surface area (Å²) in [6.07, 6.45) is 5.18. The molecular formula is C12H14N2O2. The molecule has 0 aliphatic heterocycles. The van der Waals surface area contributed by atoms with E-state index in [-0.39, 0.29) is 11.9 Å². The average Bonchev–Trinajstić information content (AvgIpc) is 2.28. The number of ether oxygens (including phenoxy) is 1. The predicted molar refractivity (Wildman–Crippen MR) is 63.2 cm³/mol. The minimum Gasteiger partial charge on any atom is -0.496 e. The van der Waals surface area contributed by atoms with Gasteiger partial charge in [-0.05, 0) is 19.1 Å². The largest absolute Gasteiger partial charge is 0.496 e. The molecule has 1 unspecified atom stereocenters. The van der Waals surface area contributed by atoms with Gasteiger partial charge in [0, 0.05) is 11.8 Å². The van der Waals surface area contributed by atoms with Crippen molar-refractivity contribution in [1.82, 2.24) is 5.32 Å². The molecule has 0 radical (unpaired) electrons. The molecule has 3 N–H and O–H groups in total. The Labute approximate surface area is 94.8 Å². The van der Waals surface area contributed by atoms with Crippen LogP contribution in [0.15, 0.2) is 18.2 Å². The van der Waals surface area contributed by atoms with Gasteiger partial charge in [0.15, 0.2) is 0 Å². The Morgan fingerprint density at radius 3 is 2.88 bits per heavy atom. The summed E-state index contributed by atoms with van der Waals surface area (Å²) < 4.78 is 5.07. The number of hydrogen-bond donors (Lipinski definition) is 2. The summed E-state index contributed by atoms with van der Waals surface area (Å²) >= 11 is 0. The molecule has 0 bridgehead atoms. The lowest BCUT2D eigenvalue weighted by atomic mass is 10.1. The number of carbonyl (C=O) groups is 1. The lowest BCUT2D eigenvalue weighted by Crippen LogP contribution is -2.31. The molecule has 0 aliphatic carbocycles. The zero-order chi connectivity index (χ0) is 12.1. The molecule has 0 aromatic heterocycles. The van der Waals surface area contributed by atoms with Gasteiger partial charge in [0.1, 0.15) is 5.75 Å². The number of nitrogens with one attached hydrogen (secondary N) is 1. The highest BCUT2D eigenvalue weighted by Crippen LogP contribution is 2.21. The summed E-state index contributed by atoms with van der Waals surface area (Å²) in [7, 11) is 1.48. The van der Waals surface area contributed by atoms with E-state index in [2.05, 4.69) is 11.2 Å². The van der Waals surface area contributed by atoms with Crippen LogP contribution in [0.25, 0.3) is 0 Å². The Morgan fingerprint density at radius 2 is 2.31 bits per heavy atom. The van der Waals surface area contributed by atoms with E-state index in [1.54, 1.807) is 25.1 Å². The fourth-order valence-corrected chi connectivity index (χ4v) is 1.21. The Kier molecular flexibility index (Phi) is 3.78. The van der Waals surface area contributed by atoms with Gasteiger partial charge in [-0.1, -0.05) is 5.92 Å². The molecule has 1 atom stereocenters. The quantitative estimate of drug-likeness (QED) is 0.588. The van der Waals surface area contributed by atoms with Crippen LogP contribution in [0.4, 0.5) is 5.69 Å². The molecule has 0 fully saturated rings. The number of amides is 1. The summed E-state index contributed by atoms with van der Waals surface area (Å²) in [6, 6.07) is 4.51. The molecule has 4 heteroatoms. The molecule has 0 saturated heterocycles. The number of nitrogens with two attached hydrogens (primary N) is 1. The lowest BCUT2D eigenvalue weighted by molar-refractivity contribution is 0.0945. The van der Waals surface area contributed by atoms with Gasteiger partial charge in [0.05, 0.1) is 18.7 Å². The number of methoxy groups -OCH3 is 1. The summed E-state index contributed by atoms with van der Waals surface area (Å²) in [5, 5.41) is 2.64. The maximum absolute atomic E-state index is 11.8. The topological polar surface area (TPSA) is 64.4 Å². The number of terminal acetylenes is 1. The molecule has 0 heterocycles. The van der Waals surface area contributed by atoms with Crippen molar-refractivity contribution in [2.24, 2.45) is 0 Å². The molecule has 1 amide bonds. The number of carbonyl (C=O) groups excluding carboxylic acids is 1. The van der Waals surface area contributed by atoms with Crippen molar-refractivity contribution >= 4 is 11.6 Å². The Bertz CT molecular complexity index is 435. The van der Waals surface area contributed by atoms with E-state index in [1.807, 2.05) is 0 Å². The van der Waals surface area contributed by atoms with Gasteiger partial charge in [0.25, 0.3) is 5.91 Å². The first-order valence-electron chi connectivity index (χ1n) is 4.79. The molecule has 84 valence electrons. The fourth-order valence-electron chi connectivity index (χ4n) is 1.21. The highest BCUT2D eigenvalue weighted by Gasteiger charge is 2.13. The molecule has 1 aromatic rings. The van der Waals surface area contributed by atoms with Crippen molar-refractivity contribution in [1.29, 1.82) is 0 Å². The SMILES string of the molecule is C#CC(C)NC(=O)c1ccc(N)cc1OC. The van der Waals surface area contributed by atoms with E-state index in [9.17, 15) is 4.79 Å². The standard InChI is InChI=1S/C12H14N2O2/c1-4-8(2)14-12(15)10-6-5-9(13)7-11(10)16-3/h1,5-8H,13H2,2-3H3,(H,14,15). The van der Waals surface area contributed by atoms with Crippen LogP contribution in [-0.2, 0) is 0 Å². The van der Waals surface area contributed by atoms with Gasteiger partial charge in [-0.25, -0.2) is 0 Å². The summed E-state index contributed by atoms with van der Waals surface area (Å²) in [5.74, 6) is 2.57. The first-order chi connectivity index (χ1) is 7.58. The average molecular weight is 218 g/mol. The molecule has 0 aliphatic rings. The van der Waals surface area contributed by atoms with E-state index < -0.39 is 0 Å². The summed E-state index contributed by atoms with van der Waals surface area (Å²) in [4.78, 5) is 11.8. The number of hydrogen-bond acceptors (Lipinski definition) is 3. The molecule has 16 heavy (non-hydrogen) atoms. The molecule has 1 aromatic carbocycles. The van der Waals surface area contributed by atoms with E-state index in [0.717, 1.165) is 0 Å². The monoisotopic (exact) mass is 218 g/mol. The van der Waals surface area contributed by atoms with Crippen molar-refractivity contribution in [3.63, 3.8) is 0 Å². The van der Waals surface area contributed by atoms with Crippen molar-refractivity contribution in [2.45, 2.75) is 13.0 Å². The summed E-state index contributed by atoms with van der Waals surface area (Å²) in [5.41, 5.74) is 6.54. The molecule has 1 rings (SSSR count). The third-order valence-electron chi connectivity index (χ3n) is 2.07. The van der Waals surface area contributed by atoms with Crippen molar-refractivity contribution in [2.75, 3.05) is 12.8 Å². The van der Waals surface area contributed by atoms with Crippen LogP contribution >= 0.6 is 0 Å². The van der Waals surface area contributed by atoms with Crippen LogP contribution < -0.4 is 15.8 Å². The number of benzene rings is 1. The van der Waals surface area contributed by atoms with Gasteiger partial charge in [-0.2, -0.15) is 0 Å². The van der Waals surface area contributed by atoms with E-state index in [0.29, 0.717) is 17.0 Å². The van der Waals surface area contributed by atoms with Crippen molar-refractivity contribution in [3.05, 3.63) is 23.8 Å². The third-order valence-corrected chi connectivity index (χ3v) is 2.07. The van der Waals surface area contributed by atoms with E-state index >= 15 is 0 Å². The van der Waals surface area contributed by atoms with Crippen LogP contribution in [0.2, 0.25) is 0 Å². The van der Waals surface area contributed by atoms with Crippen LogP contribution in [-0.4, -0.2) is 19.1 Å². The highest BCUT2D eigenvalue weighted by atomic mass is 16.5. The number of nitrogen functional groups attached to an aromatic ring is 1. The van der Waals surface area contributed by atoms with Gasteiger partial charge >= 0.3 is 0 Å². The zero-order valence-corrected chi connectivity index (χ0v) is 9.28. The minimum atomic E-state index is -0.324. The predicted octanol–water partition coefficient (Wildman–Crippen LogP) is 1.03. The first kappa shape index (κ1) is 11.9. The van der Waals surface area contributed by atoms with Crippen LogP contribution in [0.3, 0.4) is 0 Å². The first-order valence-corrected chi connectivity index (χ1v) is 4.79. The zero-order valence-electron chi connectivity index (χ0n) is 9.28. The van der Waals surface area contributed by atoms with Crippen LogP contribution in [0, 0.1) is 12.3 Å². The molecule has 0 spiro atoms. The molecule has 4 nitrogen and oxygen atoms in total. The number of rotatable bonds is 3. The van der Waals surface area contributed by atoms with Gasteiger partial charge in [-0.3, -0.25) is 4.79 Å². The highest BCUT2D eigenvalue weighted by molar-refractivity contribution is 5.97. The van der Waals surface area contributed by atoms with E-state index in [1.165, 1.54) is 7.11 Å². The van der Waals surface area contributed by atoms with Gasteiger partial charge in [0.2, 0.25) is 0 Å². The van der Waals surface area contributed by atoms with Crippen LogP contribution in [0.1, 0.15) is 17.3 Å². The smallest absolute Gasteiger partial charge is 0.256 e. The summed E-state index contributed by atoms with van der Waals surface area (Å²) in [6.45, 7) is 1.72. The number of anilines is 1. The Balaban J connectivity index is 2.96. The third kappa shape index (κ3) is 2.67. The second-order valence-electron chi connectivity index (χ2n) is 3.32. The molecule has 0 saturated carbocycles. The van der Waals surface area contributed by atoms with Crippen LogP contribution in [0.5, 0.6) is 5.75 Å². The Hall–Kier alpha value is -2.15.